The van der Waals surface area contributed by atoms with Gasteiger partial charge in [0.2, 0.25) is 0 Å². The highest BCUT2D eigenvalue weighted by Gasteiger charge is 2.05. The van der Waals surface area contributed by atoms with Crippen molar-refractivity contribution < 1.29 is 9.13 Å². The van der Waals surface area contributed by atoms with Gasteiger partial charge in [0.1, 0.15) is 17.1 Å². The van der Waals surface area contributed by atoms with Crippen molar-refractivity contribution in [1.82, 2.24) is 4.98 Å². The maximum absolute atomic E-state index is 13.1. The van der Waals surface area contributed by atoms with E-state index in [-0.39, 0.29) is 5.82 Å². The molecule has 2 aromatic carbocycles. The van der Waals surface area contributed by atoms with Gasteiger partial charge in [0, 0.05) is 11.6 Å². The fraction of sp³-hybridized carbons (Fsp3) is 0.0588. The summed E-state index contributed by atoms with van der Waals surface area (Å²) in [7, 11) is 1.61. The summed E-state index contributed by atoms with van der Waals surface area (Å²) in [6.45, 7) is 0. The van der Waals surface area contributed by atoms with E-state index in [4.69, 9.17) is 4.74 Å². The lowest BCUT2D eigenvalue weighted by molar-refractivity contribution is 0.419. The van der Waals surface area contributed by atoms with E-state index in [1.807, 2.05) is 24.3 Å². The van der Waals surface area contributed by atoms with Crippen molar-refractivity contribution in [3.05, 3.63) is 66.1 Å². The summed E-state index contributed by atoms with van der Waals surface area (Å²) in [6, 6.07) is 13.7. The maximum atomic E-state index is 13.1. The smallest absolute Gasteiger partial charge is 0.145 e. The Hall–Kier alpha value is -2.95. The standard InChI is InChI=1S/C17H14FN3O/c1-22-16-7-3-6-14-15(8-9-19-17(14)16)21-20-11-12-4-2-5-13(18)10-12/h2-11H,1H3,(H,19,21)/b20-11+. The Morgan fingerprint density at radius 3 is 2.86 bits per heavy atom. The van der Waals surface area contributed by atoms with Crippen molar-refractivity contribution in [2.24, 2.45) is 5.10 Å². The number of para-hydroxylation sites is 1. The van der Waals surface area contributed by atoms with Crippen molar-refractivity contribution in [3.8, 4) is 5.75 Å². The summed E-state index contributed by atoms with van der Waals surface area (Å²) < 4.78 is 18.4. The third-order valence-electron chi connectivity index (χ3n) is 3.20. The minimum absolute atomic E-state index is 0.289. The van der Waals surface area contributed by atoms with Crippen molar-refractivity contribution in [2.45, 2.75) is 0 Å². The second-order valence-electron chi connectivity index (χ2n) is 4.64. The van der Waals surface area contributed by atoms with Gasteiger partial charge in [-0.15, -0.1) is 0 Å². The molecule has 110 valence electrons. The molecule has 0 spiro atoms. The molecule has 0 atom stereocenters. The molecule has 22 heavy (non-hydrogen) atoms. The number of hydrogen-bond acceptors (Lipinski definition) is 4. The predicted molar refractivity (Wildman–Crippen MR) is 85.9 cm³/mol. The van der Waals surface area contributed by atoms with Gasteiger partial charge in [-0.2, -0.15) is 5.10 Å². The third kappa shape index (κ3) is 2.88. The highest BCUT2D eigenvalue weighted by atomic mass is 19.1. The van der Waals surface area contributed by atoms with Crippen molar-refractivity contribution in [3.63, 3.8) is 0 Å². The molecule has 3 aromatic rings. The molecule has 0 aliphatic heterocycles. The number of nitrogens with zero attached hydrogens (tertiary/aromatic N) is 2. The van der Waals surface area contributed by atoms with Crippen molar-refractivity contribution in [2.75, 3.05) is 12.5 Å². The number of rotatable bonds is 4. The number of aromatic nitrogens is 1. The summed E-state index contributed by atoms with van der Waals surface area (Å²) in [5, 5.41) is 5.05. The Morgan fingerprint density at radius 1 is 1.18 bits per heavy atom. The third-order valence-corrected chi connectivity index (χ3v) is 3.20. The molecule has 5 heteroatoms. The van der Waals surface area contributed by atoms with Gasteiger partial charge < -0.3 is 4.74 Å². The molecule has 0 radical (unpaired) electrons. The molecule has 1 heterocycles. The van der Waals surface area contributed by atoms with Crippen LogP contribution in [0.3, 0.4) is 0 Å². The SMILES string of the molecule is COc1cccc2c(N/N=C/c3cccc(F)c3)ccnc12. The lowest BCUT2D eigenvalue weighted by Crippen LogP contribution is -1.94. The predicted octanol–water partition coefficient (Wildman–Crippen LogP) is 3.83. The molecular formula is C17H14FN3O. The summed E-state index contributed by atoms with van der Waals surface area (Å²) in [5.41, 5.74) is 5.20. The first kappa shape index (κ1) is 14.0. The molecule has 0 saturated heterocycles. The first-order valence-corrected chi connectivity index (χ1v) is 6.74. The van der Waals surface area contributed by atoms with Crippen LogP contribution in [0.25, 0.3) is 10.9 Å². The highest BCUT2D eigenvalue weighted by Crippen LogP contribution is 2.28. The van der Waals surface area contributed by atoms with Crippen LogP contribution in [0.5, 0.6) is 5.75 Å². The van der Waals surface area contributed by atoms with Gasteiger partial charge in [0.25, 0.3) is 0 Å². The zero-order chi connectivity index (χ0) is 15.4. The van der Waals surface area contributed by atoms with E-state index in [0.29, 0.717) is 11.3 Å². The maximum Gasteiger partial charge on any atom is 0.145 e. The van der Waals surface area contributed by atoms with Crippen LogP contribution in [0.2, 0.25) is 0 Å². The molecule has 0 bridgehead atoms. The normalized spacial score (nSPS) is 11.0. The Kier molecular flexibility index (Phi) is 3.96. The van der Waals surface area contributed by atoms with E-state index in [1.165, 1.54) is 12.1 Å². The largest absolute Gasteiger partial charge is 0.494 e. The number of hydrogen-bond donors (Lipinski definition) is 1. The van der Waals surface area contributed by atoms with E-state index < -0.39 is 0 Å². The molecule has 0 fully saturated rings. The highest BCUT2D eigenvalue weighted by molar-refractivity contribution is 5.95. The average Bonchev–Trinajstić information content (AvgIpc) is 2.54. The summed E-state index contributed by atoms with van der Waals surface area (Å²) in [6.07, 6.45) is 3.25. The molecule has 0 amide bonds. The zero-order valence-electron chi connectivity index (χ0n) is 12.0. The molecule has 0 saturated carbocycles. The summed E-state index contributed by atoms with van der Waals surface area (Å²) >= 11 is 0. The van der Waals surface area contributed by atoms with Crippen LogP contribution in [0.4, 0.5) is 10.1 Å². The second kappa shape index (κ2) is 6.22. The number of benzene rings is 2. The monoisotopic (exact) mass is 295 g/mol. The number of ether oxygens (including phenoxy) is 1. The molecule has 0 aliphatic rings. The quantitative estimate of drug-likeness (QED) is 0.588. The van der Waals surface area contributed by atoms with Crippen LogP contribution in [0.15, 0.2) is 59.8 Å². The van der Waals surface area contributed by atoms with Crippen LogP contribution in [0.1, 0.15) is 5.56 Å². The van der Waals surface area contributed by atoms with E-state index in [1.54, 1.807) is 31.7 Å². The lowest BCUT2D eigenvalue weighted by atomic mass is 10.2. The van der Waals surface area contributed by atoms with Gasteiger partial charge in [-0.25, -0.2) is 4.39 Å². The molecule has 0 unspecified atom stereocenters. The summed E-state index contributed by atoms with van der Waals surface area (Å²) in [5.74, 6) is 0.415. The average molecular weight is 295 g/mol. The fourth-order valence-electron chi connectivity index (χ4n) is 2.17. The zero-order valence-corrected chi connectivity index (χ0v) is 12.0. The van der Waals surface area contributed by atoms with Crippen LogP contribution >= 0.6 is 0 Å². The number of pyridine rings is 1. The van der Waals surface area contributed by atoms with Gasteiger partial charge in [0.05, 0.1) is 19.0 Å². The fourth-order valence-corrected chi connectivity index (χ4v) is 2.17. The minimum atomic E-state index is -0.289. The van der Waals surface area contributed by atoms with Crippen molar-refractivity contribution in [1.29, 1.82) is 0 Å². The summed E-state index contributed by atoms with van der Waals surface area (Å²) in [4.78, 5) is 4.32. The number of halogens is 1. The topological polar surface area (TPSA) is 46.5 Å². The Labute approximate surface area is 127 Å². The minimum Gasteiger partial charge on any atom is -0.494 e. The number of fused-ring (bicyclic) bond motifs is 1. The Balaban J connectivity index is 1.88. The molecule has 1 N–H and O–H groups in total. The van der Waals surface area contributed by atoms with Crippen LogP contribution < -0.4 is 10.2 Å². The van der Waals surface area contributed by atoms with Gasteiger partial charge in [-0.1, -0.05) is 24.3 Å². The first-order chi connectivity index (χ1) is 10.8. The van der Waals surface area contributed by atoms with Crippen LogP contribution in [-0.2, 0) is 0 Å². The van der Waals surface area contributed by atoms with Gasteiger partial charge in [-0.05, 0) is 29.8 Å². The van der Waals surface area contributed by atoms with Crippen LogP contribution in [0, 0.1) is 5.82 Å². The van der Waals surface area contributed by atoms with Gasteiger partial charge in [0.15, 0.2) is 0 Å². The Bertz CT molecular complexity index is 833. The van der Waals surface area contributed by atoms with E-state index in [2.05, 4.69) is 15.5 Å². The number of nitrogens with one attached hydrogen (secondary N) is 1. The Morgan fingerprint density at radius 2 is 2.05 bits per heavy atom. The van der Waals surface area contributed by atoms with E-state index in [0.717, 1.165) is 16.6 Å². The number of hydrazone groups is 1. The second-order valence-corrected chi connectivity index (χ2v) is 4.64. The lowest BCUT2D eigenvalue weighted by Gasteiger charge is -2.08. The first-order valence-electron chi connectivity index (χ1n) is 6.74. The van der Waals surface area contributed by atoms with Crippen molar-refractivity contribution >= 4 is 22.8 Å². The number of methoxy groups -OCH3 is 1. The molecule has 3 rings (SSSR count). The molecular weight excluding hydrogens is 281 g/mol. The van der Waals surface area contributed by atoms with Crippen LogP contribution in [-0.4, -0.2) is 18.3 Å². The van der Waals surface area contributed by atoms with E-state index in [9.17, 15) is 4.39 Å². The van der Waals surface area contributed by atoms with Gasteiger partial charge in [-0.3, -0.25) is 10.4 Å². The van der Waals surface area contributed by atoms with E-state index >= 15 is 0 Å². The molecule has 0 aliphatic carbocycles. The molecule has 4 nitrogen and oxygen atoms in total. The molecule has 1 aromatic heterocycles. The number of anilines is 1. The van der Waals surface area contributed by atoms with Gasteiger partial charge >= 0.3 is 0 Å².